The highest BCUT2D eigenvalue weighted by atomic mass is 16.1. The first-order valence-corrected chi connectivity index (χ1v) is 8.31. The van der Waals surface area contributed by atoms with Gasteiger partial charge in [0.05, 0.1) is 19.0 Å². The van der Waals surface area contributed by atoms with Gasteiger partial charge in [-0.3, -0.25) is 4.79 Å². The van der Waals surface area contributed by atoms with E-state index in [1.54, 1.807) is 0 Å². The number of nitrogens with zero attached hydrogens (tertiary/aromatic N) is 2. The molecule has 0 aliphatic rings. The first kappa shape index (κ1) is 18.7. The summed E-state index contributed by atoms with van der Waals surface area (Å²) in [5, 5.41) is 3.04. The van der Waals surface area contributed by atoms with Gasteiger partial charge in [-0.25, -0.2) is 9.13 Å². The molecular weight excluding hydrogens is 276 g/mol. The highest BCUT2D eigenvalue weighted by Crippen LogP contribution is 2.25. The molecule has 1 rings (SSSR count). The van der Waals surface area contributed by atoms with Gasteiger partial charge in [0.25, 0.3) is 0 Å². The summed E-state index contributed by atoms with van der Waals surface area (Å²) >= 11 is 0. The van der Waals surface area contributed by atoms with E-state index in [4.69, 9.17) is 5.73 Å². The van der Waals surface area contributed by atoms with Crippen molar-refractivity contribution in [1.29, 1.82) is 0 Å². The SMILES string of the molecule is CCn1cc[n+](CCCNC(=O)C(CC(C)(C)C)C(C)N)c1. The number of carbonyl (C=O) groups is 1. The van der Waals surface area contributed by atoms with Gasteiger partial charge in [0.15, 0.2) is 0 Å². The van der Waals surface area contributed by atoms with E-state index in [1.165, 1.54) is 0 Å². The van der Waals surface area contributed by atoms with Crippen LogP contribution in [0.5, 0.6) is 0 Å². The minimum atomic E-state index is -0.118. The van der Waals surface area contributed by atoms with Crippen molar-refractivity contribution < 1.29 is 9.36 Å². The zero-order valence-corrected chi connectivity index (χ0v) is 14.8. The van der Waals surface area contributed by atoms with Crippen LogP contribution < -0.4 is 15.6 Å². The number of nitrogens with one attached hydrogen (secondary N) is 1. The molecule has 2 unspecified atom stereocenters. The maximum absolute atomic E-state index is 12.3. The van der Waals surface area contributed by atoms with E-state index >= 15 is 0 Å². The third-order valence-electron chi connectivity index (χ3n) is 3.81. The van der Waals surface area contributed by atoms with E-state index in [0.717, 1.165) is 25.9 Å². The Morgan fingerprint density at radius 3 is 2.59 bits per heavy atom. The molecule has 0 aliphatic carbocycles. The Morgan fingerprint density at radius 2 is 2.09 bits per heavy atom. The molecule has 22 heavy (non-hydrogen) atoms. The van der Waals surface area contributed by atoms with Crippen molar-refractivity contribution in [3.63, 3.8) is 0 Å². The maximum Gasteiger partial charge on any atom is 0.243 e. The highest BCUT2D eigenvalue weighted by molar-refractivity contribution is 5.79. The summed E-state index contributed by atoms with van der Waals surface area (Å²) in [6.07, 6.45) is 7.95. The molecule has 1 aromatic rings. The molecule has 126 valence electrons. The lowest BCUT2D eigenvalue weighted by Gasteiger charge is -2.27. The molecule has 0 aliphatic heterocycles. The number of imidazole rings is 1. The number of rotatable bonds is 8. The van der Waals surface area contributed by atoms with Crippen molar-refractivity contribution in [1.82, 2.24) is 9.88 Å². The summed E-state index contributed by atoms with van der Waals surface area (Å²) in [6.45, 7) is 13.0. The van der Waals surface area contributed by atoms with Gasteiger partial charge in [0.2, 0.25) is 12.2 Å². The van der Waals surface area contributed by atoms with Crippen LogP contribution in [0.2, 0.25) is 0 Å². The Morgan fingerprint density at radius 1 is 1.41 bits per heavy atom. The van der Waals surface area contributed by atoms with Crippen LogP contribution in [0, 0.1) is 11.3 Å². The molecular formula is C17H33N4O+. The van der Waals surface area contributed by atoms with E-state index in [2.05, 4.69) is 60.9 Å². The van der Waals surface area contributed by atoms with Gasteiger partial charge in [-0.15, -0.1) is 0 Å². The summed E-state index contributed by atoms with van der Waals surface area (Å²) in [5.41, 5.74) is 6.10. The van der Waals surface area contributed by atoms with Crippen LogP contribution in [0.25, 0.3) is 0 Å². The van der Waals surface area contributed by atoms with Crippen molar-refractivity contribution in [2.24, 2.45) is 17.1 Å². The smallest absolute Gasteiger partial charge is 0.243 e. The zero-order valence-electron chi connectivity index (χ0n) is 14.8. The molecule has 0 saturated heterocycles. The minimum Gasteiger partial charge on any atom is -0.356 e. The van der Waals surface area contributed by atoms with E-state index in [9.17, 15) is 4.79 Å². The van der Waals surface area contributed by atoms with Gasteiger partial charge >= 0.3 is 0 Å². The molecule has 1 amide bonds. The third kappa shape index (κ3) is 6.60. The Balaban J connectivity index is 2.37. The van der Waals surface area contributed by atoms with Gasteiger partial charge in [-0.2, -0.15) is 0 Å². The van der Waals surface area contributed by atoms with E-state index in [-0.39, 0.29) is 23.3 Å². The number of aryl methyl sites for hydroxylation is 2. The number of amides is 1. The molecule has 1 heterocycles. The Labute approximate surface area is 134 Å². The van der Waals surface area contributed by atoms with Crippen LogP contribution in [0.4, 0.5) is 0 Å². The average molecular weight is 309 g/mol. The molecule has 0 aromatic carbocycles. The van der Waals surface area contributed by atoms with E-state index in [0.29, 0.717) is 6.54 Å². The second kappa shape index (κ2) is 8.32. The van der Waals surface area contributed by atoms with Crippen LogP contribution in [0.1, 0.15) is 47.5 Å². The predicted octanol–water partition coefficient (Wildman–Crippen LogP) is 1.70. The van der Waals surface area contributed by atoms with E-state index in [1.807, 2.05) is 6.92 Å². The fraction of sp³-hybridized carbons (Fsp3) is 0.765. The second-order valence-corrected chi connectivity index (χ2v) is 7.36. The normalized spacial score (nSPS) is 14.6. The van der Waals surface area contributed by atoms with Crippen molar-refractivity contribution >= 4 is 5.91 Å². The standard InChI is InChI=1S/C17H32N4O/c1-6-20-10-11-21(13-20)9-7-8-19-16(22)15(14(2)18)12-17(3,4)5/h10-11,13-15H,6-9,12,18H2,1-5H3/p+1. The second-order valence-electron chi connectivity index (χ2n) is 7.36. The molecule has 0 bridgehead atoms. The van der Waals surface area contributed by atoms with Crippen molar-refractivity contribution in [2.45, 2.75) is 66.6 Å². The van der Waals surface area contributed by atoms with Crippen molar-refractivity contribution in [2.75, 3.05) is 6.54 Å². The molecule has 2 atom stereocenters. The highest BCUT2D eigenvalue weighted by Gasteiger charge is 2.27. The summed E-state index contributed by atoms with van der Waals surface area (Å²) in [7, 11) is 0. The van der Waals surface area contributed by atoms with Crippen LogP contribution in [-0.4, -0.2) is 23.1 Å². The van der Waals surface area contributed by atoms with Crippen LogP contribution in [0.15, 0.2) is 18.7 Å². The first-order chi connectivity index (χ1) is 10.2. The summed E-state index contributed by atoms with van der Waals surface area (Å²) < 4.78 is 4.28. The minimum absolute atomic E-state index is 0.0843. The monoisotopic (exact) mass is 309 g/mol. The topological polar surface area (TPSA) is 63.9 Å². The summed E-state index contributed by atoms with van der Waals surface area (Å²) in [4.78, 5) is 12.3. The number of hydrogen-bond donors (Lipinski definition) is 2. The molecule has 0 radical (unpaired) electrons. The fourth-order valence-electron chi connectivity index (χ4n) is 2.54. The van der Waals surface area contributed by atoms with Crippen LogP contribution in [0.3, 0.4) is 0 Å². The molecule has 5 nitrogen and oxygen atoms in total. The number of aromatic nitrogens is 2. The molecule has 3 N–H and O–H groups in total. The van der Waals surface area contributed by atoms with Gasteiger partial charge < -0.3 is 11.1 Å². The average Bonchev–Trinajstić information content (AvgIpc) is 2.87. The molecule has 0 spiro atoms. The summed E-state index contributed by atoms with van der Waals surface area (Å²) in [6, 6.07) is -0.118. The van der Waals surface area contributed by atoms with Crippen LogP contribution >= 0.6 is 0 Å². The molecule has 1 aromatic heterocycles. The lowest BCUT2D eigenvalue weighted by atomic mass is 9.81. The predicted molar refractivity (Wildman–Crippen MR) is 89.1 cm³/mol. The van der Waals surface area contributed by atoms with Crippen LogP contribution in [-0.2, 0) is 17.9 Å². The lowest BCUT2D eigenvalue weighted by Crippen LogP contribution is -2.43. The molecule has 5 heteroatoms. The molecule has 0 fully saturated rings. The number of hydrogen-bond acceptors (Lipinski definition) is 2. The van der Waals surface area contributed by atoms with Gasteiger partial charge in [0, 0.05) is 19.0 Å². The van der Waals surface area contributed by atoms with Crippen molar-refractivity contribution in [3.05, 3.63) is 18.7 Å². The molecule has 0 saturated carbocycles. The van der Waals surface area contributed by atoms with Crippen molar-refractivity contribution in [3.8, 4) is 0 Å². The first-order valence-electron chi connectivity index (χ1n) is 8.31. The number of carbonyl (C=O) groups excluding carboxylic acids is 1. The lowest BCUT2D eigenvalue weighted by molar-refractivity contribution is -0.696. The Kier molecular flexibility index (Phi) is 7.07. The Hall–Kier alpha value is -1.36. The largest absolute Gasteiger partial charge is 0.356 e. The van der Waals surface area contributed by atoms with E-state index < -0.39 is 0 Å². The van der Waals surface area contributed by atoms with Gasteiger partial charge in [-0.05, 0) is 25.7 Å². The Bertz CT molecular complexity index is 459. The van der Waals surface area contributed by atoms with Gasteiger partial charge in [-0.1, -0.05) is 20.8 Å². The number of nitrogens with two attached hydrogens (primary N) is 1. The maximum atomic E-state index is 12.3. The quantitative estimate of drug-likeness (QED) is 0.567. The third-order valence-corrected chi connectivity index (χ3v) is 3.81. The fourth-order valence-corrected chi connectivity index (χ4v) is 2.54. The summed E-state index contributed by atoms with van der Waals surface area (Å²) in [5.74, 6) is -0.0325. The van der Waals surface area contributed by atoms with Gasteiger partial charge in [0.1, 0.15) is 12.4 Å². The zero-order chi connectivity index (χ0) is 16.8.